The topological polar surface area (TPSA) is 48.4 Å². The van der Waals surface area contributed by atoms with Gasteiger partial charge in [0.2, 0.25) is 0 Å². The first-order chi connectivity index (χ1) is 8.81. The van der Waals surface area contributed by atoms with Gasteiger partial charge in [-0.05, 0) is 24.3 Å². The van der Waals surface area contributed by atoms with Gasteiger partial charge in [0.15, 0.2) is 5.82 Å². The fourth-order valence-electron chi connectivity index (χ4n) is 1.73. The van der Waals surface area contributed by atoms with E-state index in [0.717, 1.165) is 17.2 Å². The van der Waals surface area contributed by atoms with Gasteiger partial charge in [0.1, 0.15) is 0 Å². The lowest BCUT2D eigenvalue weighted by Crippen LogP contribution is -2.23. The average molecular weight is 243 g/mol. The van der Waals surface area contributed by atoms with Gasteiger partial charge in [-0.15, -0.1) is 0 Å². The summed E-state index contributed by atoms with van der Waals surface area (Å²) >= 11 is 0. The van der Waals surface area contributed by atoms with Crippen LogP contribution >= 0.6 is 0 Å². The maximum atomic E-state index is 8.99. The van der Waals surface area contributed by atoms with Crippen molar-refractivity contribution in [3.8, 4) is 0 Å². The van der Waals surface area contributed by atoms with Crippen molar-refractivity contribution in [1.29, 1.82) is 0 Å². The molecule has 1 heterocycles. The predicted octanol–water partition coefficient (Wildman–Crippen LogP) is 2.25. The zero-order valence-electron chi connectivity index (χ0n) is 10.4. The van der Waals surface area contributed by atoms with Gasteiger partial charge < -0.3 is 15.3 Å². The Bertz CT molecular complexity index is 487. The Morgan fingerprint density at radius 2 is 1.94 bits per heavy atom. The zero-order chi connectivity index (χ0) is 12.8. The Labute approximate surface area is 107 Å². The Kier molecular flexibility index (Phi) is 4.15. The van der Waals surface area contributed by atoms with Crippen LogP contribution in [0.2, 0.25) is 0 Å². The van der Waals surface area contributed by atoms with E-state index in [1.807, 2.05) is 54.4 Å². The van der Waals surface area contributed by atoms with Crippen LogP contribution in [0.1, 0.15) is 0 Å². The van der Waals surface area contributed by atoms with Crippen LogP contribution in [0.15, 0.2) is 48.7 Å². The van der Waals surface area contributed by atoms with E-state index < -0.39 is 0 Å². The highest BCUT2D eigenvalue weighted by molar-refractivity contribution is 5.71. The SMILES string of the molecule is CN(CCO)c1ncccc1Nc1ccccc1. The number of benzene rings is 1. The van der Waals surface area contributed by atoms with Crippen molar-refractivity contribution in [3.63, 3.8) is 0 Å². The third kappa shape index (κ3) is 2.99. The van der Waals surface area contributed by atoms with E-state index in [4.69, 9.17) is 5.11 Å². The second-order valence-corrected chi connectivity index (χ2v) is 4.01. The van der Waals surface area contributed by atoms with Crippen LogP contribution in [-0.2, 0) is 0 Å². The predicted molar refractivity (Wildman–Crippen MR) is 74.3 cm³/mol. The fraction of sp³-hybridized carbons (Fsp3) is 0.214. The summed E-state index contributed by atoms with van der Waals surface area (Å²) < 4.78 is 0. The molecule has 0 amide bonds. The number of nitrogens with one attached hydrogen (secondary N) is 1. The van der Waals surface area contributed by atoms with Gasteiger partial charge in [-0.3, -0.25) is 0 Å². The molecule has 2 aromatic rings. The highest BCUT2D eigenvalue weighted by Crippen LogP contribution is 2.25. The molecule has 4 heteroatoms. The fourth-order valence-corrected chi connectivity index (χ4v) is 1.73. The van der Waals surface area contributed by atoms with E-state index in [-0.39, 0.29) is 6.61 Å². The lowest BCUT2D eigenvalue weighted by atomic mass is 10.3. The van der Waals surface area contributed by atoms with Crippen molar-refractivity contribution < 1.29 is 5.11 Å². The molecule has 94 valence electrons. The molecule has 0 fully saturated rings. The largest absolute Gasteiger partial charge is 0.395 e. The Morgan fingerprint density at radius 3 is 2.67 bits per heavy atom. The maximum absolute atomic E-state index is 8.99. The van der Waals surface area contributed by atoms with Gasteiger partial charge in [-0.25, -0.2) is 4.98 Å². The standard InChI is InChI=1S/C14H17N3O/c1-17(10-11-18)14-13(8-5-9-15-14)16-12-6-3-2-4-7-12/h2-9,16,18H,10-11H2,1H3. The summed E-state index contributed by atoms with van der Waals surface area (Å²) in [4.78, 5) is 6.27. The zero-order valence-corrected chi connectivity index (χ0v) is 10.4. The third-order valence-corrected chi connectivity index (χ3v) is 2.64. The lowest BCUT2D eigenvalue weighted by Gasteiger charge is -2.20. The van der Waals surface area contributed by atoms with E-state index in [9.17, 15) is 0 Å². The van der Waals surface area contributed by atoms with Crippen LogP contribution in [0.25, 0.3) is 0 Å². The van der Waals surface area contributed by atoms with Crippen LogP contribution in [0.5, 0.6) is 0 Å². The summed E-state index contributed by atoms with van der Waals surface area (Å²) in [6, 6.07) is 13.8. The highest BCUT2D eigenvalue weighted by atomic mass is 16.3. The van der Waals surface area contributed by atoms with Gasteiger partial charge in [-0.2, -0.15) is 0 Å². The maximum Gasteiger partial charge on any atom is 0.152 e. The molecule has 0 unspecified atom stereocenters. The second kappa shape index (κ2) is 6.02. The summed E-state index contributed by atoms with van der Waals surface area (Å²) in [6.45, 7) is 0.665. The summed E-state index contributed by atoms with van der Waals surface area (Å²) in [5, 5.41) is 12.3. The second-order valence-electron chi connectivity index (χ2n) is 4.01. The van der Waals surface area contributed by atoms with Crippen molar-refractivity contribution in [1.82, 2.24) is 4.98 Å². The summed E-state index contributed by atoms with van der Waals surface area (Å²) in [7, 11) is 1.91. The number of nitrogens with zero attached hydrogens (tertiary/aromatic N) is 2. The molecule has 0 radical (unpaired) electrons. The number of para-hydroxylation sites is 1. The van der Waals surface area contributed by atoms with Crippen molar-refractivity contribution in [2.45, 2.75) is 0 Å². The molecule has 0 saturated carbocycles. The molecule has 0 aliphatic rings. The van der Waals surface area contributed by atoms with E-state index in [0.29, 0.717) is 6.54 Å². The molecule has 18 heavy (non-hydrogen) atoms. The Hall–Kier alpha value is -2.07. The number of likely N-dealkylation sites (N-methyl/N-ethyl adjacent to an activating group) is 1. The van der Waals surface area contributed by atoms with Crippen molar-refractivity contribution in [3.05, 3.63) is 48.7 Å². The molecule has 0 atom stereocenters. The molecule has 0 aliphatic carbocycles. The normalized spacial score (nSPS) is 10.1. The van der Waals surface area contributed by atoms with Gasteiger partial charge in [0.05, 0.1) is 12.3 Å². The van der Waals surface area contributed by atoms with Crippen molar-refractivity contribution in [2.24, 2.45) is 0 Å². The minimum absolute atomic E-state index is 0.109. The molecule has 0 saturated heterocycles. The summed E-state index contributed by atoms with van der Waals surface area (Å²) in [6.07, 6.45) is 1.75. The average Bonchev–Trinajstić information content (AvgIpc) is 2.41. The van der Waals surface area contributed by atoms with Crippen LogP contribution in [0.3, 0.4) is 0 Å². The minimum atomic E-state index is 0.109. The monoisotopic (exact) mass is 243 g/mol. The van der Waals surface area contributed by atoms with Gasteiger partial charge >= 0.3 is 0 Å². The van der Waals surface area contributed by atoms with Crippen LogP contribution in [0, 0.1) is 0 Å². The third-order valence-electron chi connectivity index (χ3n) is 2.64. The molecular weight excluding hydrogens is 226 g/mol. The first-order valence-electron chi connectivity index (χ1n) is 5.90. The summed E-state index contributed by atoms with van der Waals surface area (Å²) in [5.74, 6) is 0.829. The number of aliphatic hydroxyl groups is 1. The minimum Gasteiger partial charge on any atom is -0.395 e. The molecule has 2 N–H and O–H groups in total. The van der Waals surface area contributed by atoms with Crippen LogP contribution in [0.4, 0.5) is 17.2 Å². The molecule has 4 nitrogen and oxygen atoms in total. The van der Waals surface area contributed by atoms with E-state index in [1.54, 1.807) is 6.20 Å². The molecule has 0 aliphatic heterocycles. The highest BCUT2D eigenvalue weighted by Gasteiger charge is 2.07. The number of hydrogen-bond donors (Lipinski definition) is 2. The van der Waals surface area contributed by atoms with Gasteiger partial charge in [0, 0.05) is 25.5 Å². The van der Waals surface area contributed by atoms with Crippen LogP contribution in [-0.4, -0.2) is 30.3 Å². The number of hydrogen-bond acceptors (Lipinski definition) is 4. The van der Waals surface area contributed by atoms with E-state index >= 15 is 0 Å². The van der Waals surface area contributed by atoms with Crippen LogP contribution < -0.4 is 10.2 Å². The Morgan fingerprint density at radius 1 is 1.17 bits per heavy atom. The quantitative estimate of drug-likeness (QED) is 0.845. The molecule has 1 aromatic carbocycles. The molecule has 0 bridgehead atoms. The lowest BCUT2D eigenvalue weighted by molar-refractivity contribution is 0.304. The number of pyridine rings is 1. The first kappa shape index (κ1) is 12.4. The van der Waals surface area contributed by atoms with Crippen molar-refractivity contribution in [2.75, 3.05) is 30.4 Å². The summed E-state index contributed by atoms with van der Waals surface area (Å²) in [5.41, 5.74) is 1.95. The number of aromatic nitrogens is 1. The smallest absolute Gasteiger partial charge is 0.152 e. The Balaban J connectivity index is 2.22. The molecule has 2 rings (SSSR count). The number of anilines is 3. The number of rotatable bonds is 5. The van der Waals surface area contributed by atoms with Crippen molar-refractivity contribution >= 4 is 17.2 Å². The molecular formula is C14H17N3O. The number of aliphatic hydroxyl groups excluding tert-OH is 1. The molecule has 1 aromatic heterocycles. The van der Waals surface area contributed by atoms with Gasteiger partial charge in [-0.1, -0.05) is 18.2 Å². The van der Waals surface area contributed by atoms with E-state index in [2.05, 4.69) is 10.3 Å². The van der Waals surface area contributed by atoms with E-state index in [1.165, 1.54) is 0 Å². The molecule has 0 spiro atoms. The van der Waals surface area contributed by atoms with Gasteiger partial charge in [0.25, 0.3) is 0 Å². The first-order valence-corrected chi connectivity index (χ1v) is 5.90.